The molecule has 0 aliphatic heterocycles. The molecule has 0 N–H and O–H groups in total. The van der Waals surface area contributed by atoms with Gasteiger partial charge in [-0.3, -0.25) is 0 Å². The fourth-order valence-electron chi connectivity index (χ4n) is 2.87. The molecule has 0 aromatic heterocycles. The molecule has 0 fully saturated rings. The lowest BCUT2D eigenvalue weighted by Gasteiger charge is -2.14. The molecule has 0 saturated heterocycles. The summed E-state index contributed by atoms with van der Waals surface area (Å²) in [5.74, 6) is 0.150. The van der Waals surface area contributed by atoms with E-state index in [1.54, 1.807) is 6.07 Å². The Hall–Kier alpha value is -3.35. The number of esters is 1. The van der Waals surface area contributed by atoms with Gasteiger partial charge in [-0.1, -0.05) is 40.6 Å². The molecule has 2 aromatic rings. The first-order chi connectivity index (χ1) is 14.4. The number of benzene rings is 2. The van der Waals surface area contributed by atoms with E-state index in [4.69, 9.17) is 19.1 Å². The number of nitrogens with zero attached hydrogens (tertiary/aromatic N) is 2. The Morgan fingerprint density at radius 1 is 1.00 bits per heavy atom. The highest BCUT2D eigenvalue weighted by Gasteiger charge is 2.20. The Morgan fingerprint density at radius 2 is 1.70 bits per heavy atom. The van der Waals surface area contributed by atoms with E-state index in [0.717, 1.165) is 22.4 Å². The minimum Gasteiger partial charge on any atom is -0.490 e. The van der Waals surface area contributed by atoms with Gasteiger partial charge in [0.05, 0.1) is 18.9 Å². The number of carbonyl (C=O) groups is 1. The van der Waals surface area contributed by atoms with Crippen LogP contribution in [-0.4, -0.2) is 37.7 Å². The molecule has 7 heteroatoms. The summed E-state index contributed by atoms with van der Waals surface area (Å²) in [4.78, 5) is 22.6. The van der Waals surface area contributed by atoms with Crippen LogP contribution in [0.4, 0.5) is 0 Å². The molecule has 160 valence electrons. The van der Waals surface area contributed by atoms with Gasteiger partial charge in [0.2, 0.25) is 0 Å². The van der Waals surface area contributed by atoms with Crippen LogP contribution in [0, 0.1) is 6.92 Å². The summed E-state index contributed by atoms with van der Waals surface area (Å²) < 4.78 is 10.7. The zero-order valence-electron chi connectivity index (χ0n) is 18.3. The number of rotatable bonds is 9. The summed E-state index contributed by atoms with van der Waals surface area (Å²) in [5, 5.41) is 8.09. The van der Waals surface area contributed by atoms with Crippen molar-refractivity contribution in [1.82, 2.24) is 0 Å². The molecule has 30 heavy (non-hydrogen) atoms. The molecule has 0 atom stereocenters. The number of oxime groups is 2. The third-order valence-corrected chi connectivity index (χ3v) is 4.28. The van der Waals surface area contributed by atoms with Gasteiger partial charge in [0.1, 0.15) is 19.5 Å². The van der Waals surface area contributed by atoms with Gasteiger partial charge in [-0.2, -0.15) is 0 Å². The number of methoxy groups -OCH3 is 1. The van der Waals surface area contributed by atoms with Crippen LogP contribution in [0.15, 0.2) is 52.8 Å². The maximum Gasteiger partial charge on any atom is 0.360 e. The number of carbonyl (C=O) groups excluding carboxylic acids is 1. The molecular formula is C23H28N2O5. The number of hydrogen-bond donors (Lipinski definition) is 0. The number of aryl methyl sites for hydroxylation is 1. The van der Waals surface area contributed by atoms with Gasteiger partial charge in [0.15, 0.2) is 5.71 Å². The summed E-state index contributed by atoms with van der Waals surface area (Å²) in [5.41, 5.74) is 3.87. The molecule has 0 saturated carbocycles. The third-order valence-electron chi connectivity index (χ3n) is 4.28. The summed E-state index contributed by atoms with van der Waals surface area (Å²) in [6.45, 7) is 7.87. The van der Waals surface area contributed by atoms with Crippen molar-refractivity contribution in [2.75, 3.05) is 14.2 Å². The van der Waals surface area contributed by atoms with Crippen LogP contribution < -0.4 is 4.74 Å². The molecule has 7 nitrogen and oxygen atoms in total. The van der Waals surface area contributed by atoms with Gasteiger partial charge in [-0.25, -0.2) is 4.79 Å². The Bertz CT molecular complexity index is 935. The molecule has 2 aromatic carbocycles. The van der Waals surface area contributed by atoms with Crippen molar-refractivity contribution in [2.45, 2.75) is 40.4 Å². The Kier molecular flexibility index (Phi) is 8.41. The molecule has 0 aliphatic carbocycles. The Morgan fingerprint density at radius 3 is 2.37 bits per heavy atom. The highest BCUT2D eigenvalue weighted by atomic mass is 16.6. The third kappa shape index (κ3) is 5.83. The SMILES string of the molecule is CO/N=C(/C(=O)OC)c1cccc(C)c1CO/N=C(\C)c1ccccc1OC(C)C. The smallest absolute Gasteiger partial charge is 0.360 e. The molecular weight excluding hydrogens is 384 g/mol. The van der Waals surface area contributed by atoms with Crippen molar-refractivity contribution in [2.24, 2.45) is 10.3 Å². The predicted octanol–water partition coefficient (Wildman–Crippen LogP) is 4.25. The standard InChI is InChI=1S/C23H28N2O5/c1-15(2)30-21-13-8-7-11-18(21)17(4)24-29-14-20-16(3)10-9-12-19(20)22(25-28-6)23(26)27-5/h7-13,15H,14H2,1-6H3/b24-17+,25-22+. The number of ether oxygens (including phenoxy) is 2. The van der Waals surface area contributed by atoms with Gasteiger partial charge < -0.3 is 19.1 Å². The summed E-state index contributed by atoms with van der Waals surface area (Å²) >= 11 is 0. The highest BCUT2D eigenvalue weighted by molar-refractivity contribution is 6.43. The van der Waals surface area contributed by atoms with Gasteiger partial charge >= 0.3 is 5.97 Å². The minimum absolute atomic E-state index is 0.0474. The second-order valence-electron chi connectivity index (χ2n) is 6.83. The highest BCUT2D eigenvalue weighted by Crippen LogP contribution is 2.21. The van der Waals surface area contributed by atoms with Gasteiger partial charge in [-0.15, -0.1) is 0 Å². The molecule has 0 aliphatic rings. The Labute approximate surface area is 177 Å². The van der Waals surface area contributed by atoms with Crippen LogP contribution in [0.2, 0.25) is 0 Å². The maximum absolute atomic E-state index is 12.1. The molecule has 0 amide bonds. The van der Waals surface area contributed by atoms with Crippen LogP contribution in [0.25, 0.3) is 0 Å². The van der Waals surface area contributed by atoms with Crippen molar-refractivity contribution in [3.63, 3.8) is 0 Å². The average Bonchev–Trinajstić information content (AvgIpc) is 2.72. The van der Waals surface area contributed by atoms with Crippen molar-refractivity contribution in [3.05, 3.63) is 64.7 Å². The van der Waals surface area contributed by atoms with Crippen molar-refractivity contribution >= 4 is 17.4 Å². The summed E-state index contributed by atoms with van der Waals surface area (Å²) in [6, 6.07) is 13.2. The monoisotopic (exact) mass is 412 g/mol. The molecule has 0 spiro atoms. The summed E-state index contributed by atoms with van der Waals surface area (Å²) in [6.07, 6.45) is 0.0474. The average molecular weight is 412 g/mol. The number of hydrogen-bond acceptors (Lipinski definition) is 7. The molecule has 0 unspecified atom stereocenters. The zero-order valence-corrected chi connectivity index (χ0v) is 18.3. The van der Waals surface area contributed by atoms with Crippen molar-refractivity contribution in [1.29, 1.82) is 0 Å². The topological polar surface area (TPSA) is 78.7 Å². The fourth-order valence-corrected chi connectivity index (χ4v) is 2.87. The lowest BCUT2D eigenvalue weighted by Crippen LogP contribution is -2.20. The van der Waals surface area contributed by atoms with Crippen molar-refractivity contribution < 1.29 is 23.9 Å². The number of para-hydroxylation sites is 1. The second kappa shape index (κ2) is 11.0. The zero-order chi connectivity index (χ0) is 22.1. The normalized spacial score (nSPS) is 12.0. The van der Waals surface area contributed by atoms with E-state index in [0.29, 0.717) is 11.3 Å². The molecule has 0 heterocycles. The van der Waals surface area contributed by atoms with E-state index in [2.05, 4.69) is 10.3 Å². The van der Waals surface area contributed by atoms with Crippen LogP contribution in [0.3, 0.4) is 0 Å². The van der Waals surface area contributed by atoms with E-state index < -0.39 is 5.97 Å². The van der Waals surface area contributed by atoms with E-state index in [1.807, 2.05) is 64.1 Å². The van der Waals surface area contributed by atoms with Crippen LogP contribution in [0.5, 0.6) is 5.75 Å². The van der Waals surface area contributed by atoms with Crippen molar-refractivity contribution in [3.8, 4) is 5.75 Å². The van der Waals surface area contributed by atoms with E-state index in [1.165, 1.54) is 14.2 Å². The van der Waals surface area contributed by atoms with Gasteiger partial charge in [0, 0.05) is 16.7 Å². The first-order valence-electron chi connectivity index (χ1n) is 9.60. The lowest BCUT2D eigenvalue weighted by atomic mass is 9.99. The van der Waals surface area contributed by atoms with E-state index >= 15 is 0 Å². The summed E-state index contributed by atoms with van der Waals surface area (Å²) in [7, 11) is 2.67. The quantitative estimate of drug-likeness (QED) is 0.350. The van der Waals surface area contributed by atoms with Crippen LogP contribution in [-0.2, 0) is 25.8 Å². The lowest BCUT2D eigenvalue weighted by molar-refractivity contribution is -0.132. The first-order valence-corrected chi connectivity index (χ1v) is 9.60. The van der Waals surface area contributed by atoms with Crippen LogP contribution in [0.1, 0.15) is 43.0 Å². The molecule has 0 bridgehead atoms. The van der Waals surface area contributed by atoms with Gasteiger partial charge in [0.25, 0.3) is 0 Å². The predicted molar refractivity (Wildman–Crippen MR) is 116 cm³/mol. The largest absolute Gasteiger partial charge is 0.490 e. The van der Waals surface area contributed by atoms with Gasteiger partial charge in [-0.05, 0) is 45.4 Å². The van der Waals surface area contributed by atoms with E-state index in [9.17, 15) is 4.79 Å². The molecule has 0 radical (unpaired) electrons. The minimum atomic E-state index is -0.594. The molecule has 2 rings (SSSR count). The van der Waals surface area contributed by atoms with Crippen LogP contribution >= 0.6 is 0 Å². The Balaban J connectivity index is 2.29. The second-order valence-corrected chi connectivity index (χ2v) is 6.83. The van der Waals surface area contributed by atoms with E-state index in [-0.39, 0.29) is 18.4 Å². The first kappa shape index (κ1) is 22.9. The maximum atomic E-state index is 12.1. The fraction of sp³-hybridized carbons (Fsp3) is 0.348.